The minimum atomic E-state index is -0.325. The highest BCUT2D eigenvalue weighted by atomic mass is 16.2. The fourth-order valence-corrected chi connectivity index (χ4v) is 6.46. The Labute approximate surface area is 300 Å². The molecule has 1 saturated heterocycles. The lowest BCUT2D eigenvalue weighted by atomic mass is 9.89. The Kier molecular flexibility index (Phi) is 10.2. The second-order valence-electron chi connectivity index (χ2n) is 14.6. The lowest BCUT2D eigenvalue weighted by Crippen LogP contribution is -2.39. The zero-order chi connectivity index (χ0) is 36.3. The van der Waals surface area contributed by atoms with Crippen LogP contribution in [0.5, 0.6) is 0 Å². The van der Waals surface area contributed by atoms with Gasteiger partial charge in [0.15, 0.2) is 0 Å². The van der Waals surface area contributed by atoms with Crippen molar-refractivity contribution in [1.82, 2.24) is 24.6 Å². The van der Waals surface area contributed by atoms with Crippen molar-refractivity contribution in [3.8, 4) is 5.69 Å². The van der Waals surface area contributed by atoms with Gasteiger partial charge < -0.3 is 15.1 Å². The zero-order valence-corrected chi connectivity index (χ0v) is 30.7. The number of amides is 3. The van der Waals surface area contributed by atoms with Crippen LogP contribution in [0.4, 0.5) is 27.9 Å². The van der Waals surface area contributed by atoms with Crippen LogP contribution in [-0.2, 0) is 11.8 Å². The third-order valence-corrected chi connectivity index (χ3v) is 9.42. The summed E-state index contributed by atoms with van der Waals surface area (Å²) >= 11 is 0. The number of rotatable bonds is 8. The maximum absolute atomic E-state index is 13.6. The van der Waals surface area contributed by atoms with Crippen LogP contribution in [0, 0.1) is 26.7 Å². The highest BCUT2D eigenvalue weighted by Gasteiger charge is 2.26. The van der Waals surface area contributed by atoms with Crippen molar-refractivity contribution in [3.05, 3.63) is 119 Å². The summed E-state index contributed by atoms with van der Waals surface area (Å²) in [6.45, 7) is 13.6. The van der Waals surface area contributed by atoms with Crippen LogP contribution in [-0.4, -0.2) is 56.7 Å². The summed E-state index contributed by atoms with van der Waals surface area (Å²) < 4.78 is 1.79. The molecule has 0 saturated carbocycles. The largest absolute Gasteiger partial charge is 0.339 e. The number of nitrogens with one attached hydrogen (secondary N) is 2. The van der Waals surface area contributed by atoms with E-state index in [0.29, 0.717) is 36.3 Å². The van der Waals surface area contributed by atoms with E-state index >= 15 is 0 Å². The number of benzene rings is 3. The summed E-state index contributed by atoms with van der Waals surface area (Å²) in [5.41, 5.74) is 7.90. The molecule has 0 aliphatic carbocycles. The average molecular weight is 685 g/mol. The number of anilines is 4. The summed E-state index contributed by atoms with van der Waals surface area (Å²) in [6, 6.07) is 27.3. The van der Waals surface area contributed by atoms with Gasteiger partial charge in [0, 0.05) is 59.9 Å². The van der Waals surface area contributed by atoms with Crippen molar-refractivity contribution >= 4 is 35.1 Å². The lowest BCUT2D eigenvalue weighted by molar-refractivity contribution is 0.0690. The Morgan fingerprint density at radius 3 is 2.22 bits per heavy atom. The van der Waals surface area contributed by atoms with Crippen LogP contribution >= 0.6 is 0 Å². The van der Waals surface area contributed by atoms with Crippen molar-refractivity contribution in [3.63, 3.8) is 0 Å². The Morgan fingerprint density at radius 2 is 1.53 bits per heavy atom. The number of hydrogen-bond acceptors (Lipinski definition) is 6. The monoisotopic (exact) mass is 684 g/mol. The number of aromatic nitrogens is 4. The number of aryl methyl sites for hydroxylation is 3. The predicted octanol–water partition coefficient (Wildman–Crippen LogP) is 8.39. The molecule has 1 aliphatic heterocycles. The third-order valence-electron chi connectivity index (χ3n) is 9.42. The Hall–Kier alpha value is -5.51. The quantitative estimate of drug-likeness (QED) is 0.170. The van der Waals surface area contributed by atoms with Crippen LogP contribution in [0.3, 0.4) is 0 Å². The number of nitrogens with zero attached hydrogens (tertiary/aromatic N) is 6. The van der Waals surface area contributed by atoms with Gasteiger partial charge in [0.1, 0.15) is 5.82 Å². The number of para-hydroxylation sites is 1. The first-order valence-corrected chi connectivity index (χ1v) is 17.6. The van der Waals surface area contributed by atoms with Gasteiger partial charge in [-0.05, 0) is 94.0 Å². The summed E-state index contributed by atoms with van der Waals surface area (Å²) in [7, 11) is 1.92. The number of urea groups is 1. The lowest BCUT2D eigenvalue weighted by Gasteiger charge is -2.32. The van der Waals surface area contributed by atoms with Crippen molar-refractivity contribution in [2.45, 2.75) is 66.2 Å². The molecule has 0 radical (unpaired) electrons. The molecule has 2 N–H and O–H groups in total. The summed E-state index contributed by atoms with van der Waals surface area (Å²) in [4.78, 5) is 40.1. The van der Waals surface area contributed by atoms with Crippen LogP contribution in [0.1, 0.15) is 72.2 Å². The van der Waals surface area contributed by atoms with Gasteiger partial charge in [-0.3, -0.25) is 10.1 Å². The third kappa shape index (κ3) is 8.45. The summed E-state index contributed by atoms with van der Waals surface area (Å²) in [5, 5.41) is 11.0. The molecule has 0 unspecified atom stereocenters. The molecule has 3 aromatic carbocycles. The molecular formula is C41H48N8O2. The van der Waals surface area contributed by atoms with Crippen LogP contribution in [0.2, 0.25) is 0 Å². The van der Waals surface area contributed by atoms with E-state index in [0.717, 1.165) is 64.5 Å². The molecule has 3 amide bonds. The number of hydrogen-bond donors (Lipinski definition) is 2. The van der Waals surface area contributed by atoms with Gasteiger partial charge in [-0.1, -0.05) is 62.7 Å². The van der Waals surface area contributed by atoms with Crippen LogP contribution in [0.15, 0.2) is 84.9 Å². The van der Waals surface area contributed by atoms with E-state index in [1.807, 2.05) is 116 Å². The molecule has 1 aliphatic rings. The summed E-state index contributed by atoms with van der Waals surface area (Å²) in [6.07, 6.45) is 2.57. The first-order chi connectivity index (χ1) is 24.3. The maximum Gasteiger partial charge on any atom is 0.324 e. The topological polar surface area (TPSA) is 108 Å². The van der Waals surface area contributed by atoms with E-state index in [1.165, 1.54) is 0 Å². The van der Waals surface area contributed by atoms with Crippen molar-refractivity contribution < 1.29 is 9.59 Å². The molecule has 10 heteroatoms. The van der Waals surface area contributed by atoms with Crippen molar-refractivity contribution in [1.29, 1.82) is 0 Å². The van der Waals surface area contributed by atoms with E-state index in [1.54, 1.807) is 4.68 Å². The molecule has 1 fully saturated rings. The minimum absolute atomic E-state index is 0.0308. The van der Waals surface area contributed by atoms with Crippen LogP contribution < -0.4 is 15.5 Å². The molecule has 51 heavy (non-hydrogen) atoms. The van der Waals surface area contributed by atoms with E-state index in [2.05, 4.69) is 47.4 Å². The highest BCUT2D eigenvalue weighted by molar-refractivity contribution is 6.00. The zero-order valence-electron chi connectivity index (χ0n) is 30.7. The molecule has 5 aromatic rings. The van der Waals surface area contributed by atoms with E-state index in [9.17, 15) is 9.59 Å². The standard InChI is InChI=1S/C41H48N8O2/c1-27-15-17-33(18-16-27)49-37(26-36(46-49)41(4,5)6)45-40(51)44-35-14-9-8-11-31(35)24-30-19-21-48(22-20-30)38(50)32-12-10-13-34(25-32)47(7)39-42-28(2)23-29(3)43-39/h8-18,23,25-26,30H,19-22,24H2,1-7H3,(H2,44,45,51). The normalized spacial score (nSPS) is 13.6. The second kappa shape index (κ2) is 14.8. The highest BCUT2D eigenvalue weighted by Crippen LogP contribution is 2.29. The Morgan fingerprint density at radius 1 is 0.843 bits per heavy atom. The van der Waals surface area contributed by atoms with Crippen molar-refractivity contribution in [2.24, 2.45) is 5.92 Å². The van der Waals surface area contributed by atoms with Gasteiger partial charge in [-0.2, -0.15) is 5.10 Å². The maximum atomic E-state index is 13.6. The fourth-order valence-electron chi connectivity index (χ4n) is 6.46. The number of carbonyl (C=O) groups is 2. The van der Waals surface area contributed by atoms with Gasteiger partial charge in [-0.25, -0.2) is 19.4 Å². The molecule has 0 spiro atoms. The van der Waals surface area contributed by atoms with Crippen LogP contribution in [0.25, 0.3) is 5.69 Å². The molecule has 10 nitrogen and oxygen atoms in total. The number of likely N-dealkylation sites (tertiary alicyclic amines) is 1. The van der Waals surface area contributed by atoms with E-state index < -0.39 is 0 Å². The number of carbonyl (C=O) groups excluding carboxylic acids is 2. The molecule has 3 heterocycles. The van der Waals surface area contributed by atoms with Crippen molar-refractivity contribution in [2.75, 3.05) is 35.7 Å². The molecule has 0 bridgehead atoms. The Bertz CT molecular complexity index is 2000. The first-order valence-electron chi connectivity index (χ1n) is 17.6. The summed E-state index contributed by atoms with van der Waals surface area (Å²) in [5.74, 6) is 1.63. The van der Waals surface area contributed by atoms with E-state index in [4.69, 9.17) is 5.10 Å². The molecule has 6 rings (SSSR count). The van der Waals surface area contributed by atoms with Gasteiger partial charge in [0.2, 0.25) is 5.95 Å². The predicted molar refractivity (Wildman–Crippen MR) is 204 cm³/mol. The van der Waals surface area contributed by atoms with Gasteiger partial charge in [0.25, 0.3) is 5.91 Å². The molecule has 0 atom stereocenters. The van der Waals surface area contributed by atoms with E-state index in [-0.39, 0.29) is 17.4 Å². The minimum Gasteiger partial charge on any atom is -0.339 e. The average Bonchev–Trinajstić information content (AvgIpc) is 3.53. The van der Waals surface area contributed by atoms with Gasteiger partial charge >= 0.3 is 6.03 Å². The Balaban J connectivity index is 1.08. The fraction of sp³-hybridized carbons (Fsp3) is 0.341. The first kappa shape index (κ1) is 35.3. The number of piperidine rings is 1. The van der Waals surface area contributed by atoms with Gasteiger partial charge in [-0.15, -0.1) is 0 Å². The second-order valence-corrected chi connectivity index (χ2v) is 14.6. The van der Waals surface area contributed by atoms with Gasteiger partial charge in [0.05, 0.1) is 11.4 Å². The SMILES string of the molecule is Cc1ccc(-n2nc(C(C)(C)C)cc2NC(=O)Nc2ccccc2CC2CCN(C(=O)c3cccc(N(C)c4nc(C)cc(C)n4)c3)CC2)cc1. The molecular weight excluding hydrogens is 637 g/mol. The molecule has 264 valence electrons. The molecule has 2 aromatic heterocycles. The smallest absolute Gasteiger partial charge is 0.324 e.